The predicted molar refractivity (Wildman–Crippen MR) is 153 cm³/mol. The third-order valence-electron chi connectivity index (χ3n) is 7.46. The van der Waals surface area contributed by atoms with Crippen LogP contribution in [0.4, 0.5) is 0 Å². The number of benzene rings is 3. The van der Waals surface area contributed by atoms with Crippen LogP contribution in [0.15, 0.2) is 101 Å². The second-order valence-electron chi connectivity index (χ2n) is 10.8. The topological polar surface area (TPSA) is 65.0 Å². The first-order valence-electron chi connectivity index (χ1n) is 13.7. The number of nitrogens with zero attached hydrogens (tertiary/aromatic N) is 1. The van der Waals surface area contributed by atoms with E-state index in [1.807, 2.05) is 93.6 Å². The first-order chi connectivity index (χ1) is 18.9. The molecule has 200 valence electrons. The minimum Gasteiger partial charge on any atom is -0.489 e. The largest absolute Gasteiger partial charge is 0.489 e. The normalized spacial score (nSPS) is 20.9. The lowest BCUT2D eigenvalue weighted by molar-refractivity contribution is -0.147. The van der Waals surface area contributed by atoms with Crippen LogP contribution in [0.5, 0.6) is 5.75 Å². The molecule has 3 atom stereocenters. The SMILES string of the molecule is CC1=NC2=C(C(=O)C[C@@H](c3ccccc3)C2)[C@@H](c2ccccc2OCc2ccccc2)C1C(=O)OCC(C)C. The van der Waals surface area contributed by atoms with Crippen LogP contribution in [-0.2, 0) is 20.9 Å². The van der Waals surface area contributed by atoms with Crippen molar-refractivity contribution < 1.29 is 19.1 Å². The monoisotopic (exact) mass is 521 g/mol. The van der Waals surface area contributed by atoms with E-state index in [1.165, 1.54) is 0 Å². The van der Waals surface area contributed by atoms with Crippen molar-refractivity contribution in [3.63, 3.8) is 0 Å². The Morgan fingerprint density at radius 3 is 2.31 bits per heavy atom. The van der Waals surface area contributed by atoms with Crippen molar-refractivity contribution in [1.82, 2.24) is 0 Å². The molecule has 0 spiro atoms. The molecule has 5 rings (SSSR count). The van der Waals surface area contributed by atoms with Gasteiger partial charge in [0.2, 0.25) is 0 Å². The highest BCUT2D eigenvalue weighted by Crippen LogP contribution is 2.48. The zero-order valence-corrected chi connectivity index (χ0v) is 22.8. The van der Waals surface area contributed by atoms with Crippen LogP contribution in [0.1, 0.15) is 62.1 Å². The third kappa shape index (κ3) is 5.88. The van der Waals surface area contributed by atoms with E-state index in [1.54, 1.807) is 0 Å². The average molecular weight is 522 g/mol. The highest BCUT2D eigenvalue weighted by Gasteiger charge is 2.45. The van der Waals surface area contributed by atoms with Crippen molar-refractivity contribution in [2.75, 3.05) is 6.61 Å². The molecular formula is C34H35NO4. The van der Waals surface area contributed by atoms with Crippen LogP contribution in [0.25, 0.3) is 0 Å². The fourth-order valence-corrected chi connectivity index (χ4v) is 5.60. The van der Waals surface area contributed by atoms with Gasteiger partial charge in [0.15, 0.2) is 5.78 Å². The predicted octanol–water partition coefficient (Wildman–Crippen LogP) is 7.04. The molecule has 1 aliphatic carbocycles. The van der Waals surface area contributed by atoms with Crippen LogP contribution in [-0.4, -0.2) is 24.1 Å². The molecule has 0 N–H and O–H groups in total. The number of hydrogen-bond donors (Lipinski definition) is 0. The minimum absolute atomic E-state index is 0.0332. The summed E-state index contributed by atoms with van der Waals surface area (Å²) in [7, 11) is 0. The molecule has 0 saturated carbocycles. The summed E-state index contributed by atoms with van der Waals surface area (Å²) in [6.07, 6.45) is 1.04. The number of para-hydroxylation sites is 1. The summed E-state index contributed by atoms with van der Waals surface area (Å²) in [4.78, 5) is 32.4. The zero-order valence-electron chi connectivity index (χ0n) is 22.8. The van der Waals surface area contributed by atoms with Crippen molar-refractivity contribution in [3.8, 4) is 5.75 Å². The number of carbonyl (C=O) groups excluding carboxylic acids is 2. The van der Waals surface area contributed by atoms with Gasteiger partial charge in [-0.1, -0.05) is 92.7 Å². The number of allylic oxidation sites excluding steroid dienone is 2. The molecule has 0 fully saturated rings. The standard InChI is InChI=1S/C34H35NO4/c1-22(2)20-39-34(37)31-23(3)35-28-18-26(25-14-8-5-9-15-25)19-29(36)33(28)32(31)27-16-10-11-17-30(27)38-21-24-12-6-4-7-13-24/h4-17,22,26,31-32H,18-21H2,1-3H3/t26-,31?,32-/m0/s1. The maximum atomic E-state index is 13.9. The van der Waals surface area contributed by atoms with E-state index < -0.39 is 11.8 Å². The van der Waals surface area contributed by atoms with Crippen LogP contribution in [0, 0.1) is 11.8 Å². The van der Waals surface area contributed by atoms with E-state index in [-0.39, 0.29) is 23.6 Å². The zero-order chi connectivity index (χ0) is 27.4. The van der Waals surface area contributed by atoms with Gasteiger partial charge in [0.05, 0.1) is 6.61 Å². The molecule has 0 aromatic heterocycles. The van der Waals surface area contributed by atoms with E-state index >= 15 is 0 Å². The maximum Gasteiger partial charge on any atom is 0.315 e. The van der Waals surface area contributed by atoms with E-state index in [2.05, 4.69) is 12.1 Å². The number of carbonyl (C=O) groups is 2. The molecular weight excluding hydrogens is 486 g/mol. The second kappa shape index (κ2) is 11.8. The van der Waals surface area contributed by atoms with Crippen molar-refractivity contribution in [3.05, 3.63) is 113 Å². The van der Waals surface area contributed by atoms with Gasteiger partial charge in [-0.3, -0.25) is 14.6 Å². The molecule has 39 heavy (non-hydrogen) atoms. The Balaban J connectivity index is 1.56. The summed E-state index contributed by atoms with van der Waals surface area (Å²) >= 11 is 0. The van der Waals surface area contributed by atoms with Gasteiger partial charge >= 0.3 is 5.97 Å². The van der Waals surface area contributed by atoms with Gasteiger partial charge in [0.25, 0.3) is 0 Å². The van der Waals surface area contributed by atoms with Gasteiger partial charge in [0, 0.05) is 34.9 Å². The van der Waals surface area contributed by atoms with Gasteiger partial charge in [-0.15, -0.1) is 0 Å². The molecule has 0 bridgehead atoms. The molecule has 0 saturated heterocycles. The van der Waals surface area contributed by atoms with Crippen LogP contribution < -0.4 is 4.74 Å². The summed E-state index contributed by atoms with van der Waals surface area (Å²) < 4.78 is 12.1. The lowest BCUT2D eigenvalue weighted by Gasteiger charge is -2.37. The number of aliphatic imine (C=N–C) groups is 1. The summed E-state index contributed by atoms with van der Waals surface area (Å²) in [6, 6.07) is 27.8. The number of ketones is 1. The van der Waals surface area contributed by atoms with Crippen molar-refractivity contribution >= 4 is 17.5 Å². The quantitative estimate of drug-likeness (QED) is 0.298. The molecule has 3 aromatic rings. The number of hydrogen-bond acceptors (Lipinski definition) is 5. The molecule has 1 aliphatic heterocycles. The van der Waals surface area contributed by atoms with Crippen molar-refractivity contribution in [2.45, 2.75) is 52.1 Å². The Kier molecular flexibility index (Phi) is 8.06. The lowest BCUT2D eigenvalue weighted by atomic mass is 9.69. The molecule has 2 aliphatic rings. The minimum atomic E-state index is -0.693. The summed E-state index contributed by atoms with van der Waals surface area (Å²) in [6.45, 7) is 6.60. The smallest absolute Gasteiger partial charge is 0.315 e. The molecule has 0 radical (unpaired) electrons. The third-order valence-corrected chi connectivity index (χ3v) is 7.46. The van der Waals surface area contributed by atoms with Crippen LogP contribution in [0.2, 0.25) is 0 Å². The number of rotatable bonds is 8. The number of esters is 1. The molecule has 0 amide bonds. The van der Waals surface area contributed by atoms with E-state index in [0.717, 1.165) is 22.4 Å². The first kappa shape index (κ1) is 26.6. The molecule has 3 aromatic carbocycles. The molecule has 1 heterocycles. The Hall–Kier alpha value is -3.99. The summed E-state index contributed by atoms with van der Waals surface area (Å²) in [5, 5.41) is 0. The van der Waals surface area contributed by atoms with E-state index in [9.17, 15) is 9.59 Å². The van der Waals surface area contributed by atoms with Gasteiger partial charge in [-0.25, -0.2) is 0 Å². The Labute approximate surface area is 230 Å². The maximum absolute atomic E-state index is 13.9. The molecule has 5 heteroatoms. The fraction of sp³-hybridized carbons (Fsp3) is 0.324. The Bertz CT molecular complexity index is 1390. The van der Waals surface area contributed by atoms with Gasteiger partial charge in [-0.05, 0) is 42.4 Å². The van der Waals surface area contributed by atoms with E-state index in [4.69, 9.17) is 14.5 Å². The highest BCUT2D eigenvalue weighted by molar-refractivity contribution is 6.09. The molecule has 1 unspecified atom stereocenters. The fourth-order valence-electron chi connectivity index (χ4n) is 5.60. The lowest BCUT2D eigenvalue weighted by Crippen LogP contribution is -2.38. The van der Waals surface area contributed by atoms with Gasteiger partial charge < -0.3 is 9.47 Å². The van der Waals surface area contributed by atoms with Crippen molar-refractivity contribution in [2.24, 2.45) is 16.8 Å². The van der Waals surface area contributed by atoms with Crippen molar-refractivity contribution in [1.29, 1.82) is 0 Å². The average Bonchev–Trinajstić information content (AvgIpc) is 2.95. The number of Topliss-reactive ketones (excluding diaryl/α,β-unsaturated/α-hetero) is 1. The Morgan fingerprint density at radius 1 is 0.923 bits per heavy atom. The van der Waals surface area contributed by atoms with E-state index in [0.29, 0.717) is 43.1 Å². The summed E-state index contributed by atoms with van der Waals surface area (Å²) in [5.41, 5.74) is 5.05. The second-order valence-corrected chi connectivity index (χ2v) is 10.8. The van der Waals surface area contributed by atoms with Crippen LogP contribution >= 0.6 is 0 Å². The summed E-state index contributed by atoms with van der Waals surface area (Å²) in [5.74, 6) is -0.610. The number of ether oxygens (including phenoxy) is 2. The molecule has 5 nitrogen and oxygen atoms in total. The first-order valence-corrected chi connectivity index (χ1v) is 13.7. The highest BCUT2D eigenvalue weighted by atomic mass is 16.5. The Morgan fingerprint density at radius 2 is 1.59 bits per heavy atom. The van der Waals surface area contributed by atoms with Gasteiger partial charge in [0.1, 0.15) is 18.3 Å². The van der Waals surface area contributed by atoms with Gasteiger partial charge in [-0.2, -0.15) is 0 Å². The van der Waals surface area contributed by atoms with Crippen LogP contribution in [0.3, 0.4) is 0 Å².